The summed E-state index contributed by atoms with van der Waals surface area (Å²) in [4.78, 5) is 37.5. The van der Waals surface area contributed by atoms with E-state index in [-0.39, 0.29) is 17.7 Å². The Morgan fingerprint density at radius 2 is 2.00 bits per heavy atom. The molecule has 3 aromatic rings. The lowest BCUT2D eigenvalue weighted by Gasteiger charge is -2.25. The summed E-state index contributed by atoms with van der Waals surface area (Å²) in [5.74, 6) is 2.76. The number of Topliss-reactive ketones (excluding diaryl/α,β-unsaturated/α-hetero) is 2. The normalized spacial score (nSPS) is 19.2. The minimum atomic E-state index is 0.130. The summed E-state index contributed by atoms with van der Waals surface area (Å²) < 4.78 is 2.06. The van der Waals surface area contributed by atoms with Crippen molar-refractivity contribution in [3.05, 3.63) is 44.8 Å². The Bertz CT molecular complexity index is 1320. The van der Waals surface area contributed by atoms with E-state index in [1.165, 1.54) is 17.7 Å². The number of nitrogens with zero attached hydrogens (tertiary/aromatic N) is 5. The van der Waals surface area contributed by atoms with Crippen molar-refractivity contribution < 1.29 is 9.59 Å². The number of aryl methyl sites for hydroxylation is 3. The number of fused-ring (bicyclic) bond motifs is 1. The fourth-order valence-electron chi connectivity index (χ4n) is 5.31. The monoisotopic (exact) mass is 504 g/mol. The first-order valence-corrected chi connectivity index (χ1v) is 13.9. The van der Waals surface area contributed by atoms with Crippen LogP contribution in [0.25, 0.3) is 0 Å². The molecule has 1 N–H and O–H groups in total. The zero-order chi connectivity index (χ0) is 24.8. The van der Waals surface area contributed by atoms with Crippen molar-refractivity contribution in [2.75, 3.05) is 5.32 Å². The summed E-state index contributed by atoms with van der Waals surface area (Å²) >= 11 is 1.71. The highest BCUT2D eigenvalue weighted by molar-refractivity contribution is 7.12. The molecule has 36 heavy (non-hydrogen) atoms. The fraction of sp³-hybridized carbons (Fsp3) is 0.556. The molecule has 188 valence electrons. The first-order valence-electron chi connectivity index (χ1n) is 13.1. The molecule has 3 aliphatic rings. The van der Waals surface area contributed by atoms with Crippen LogP contribution >= 0.6 is 11.3 Å². The van der Waals surface area contributed by atoms with Crippen LogP contribution in [-0.4, -0.2) is 36.3 Å². The van der Waals surface area contributed by atoms with E-state index in [1.807, 2.05) is 13.8 Å². The van der Waals surface area contributed by atoms with Crippen LogP contribution in [0, 0.1) is 25.7 Å². The highest BCUT2D eigenvalue weighted by atomic mass is 32.1. The van der Waals surface area contributed by atoms with Gasteiger partial charge in [0.25, 0.3) is 0 Å². The van der Waals surface area contributed by atoms with E-state index in [0.29, 0.717) is 36.3 Å². The van der Waals surface area contributed by atoms with E-state index in [4.69, 9.17) is 0 Å². The van der Waals surface area contributed by atoms with Crippen LogP contribution in [0.15, 0.2) is 12.5 Å². The van der Waals surface area contributed by atoms with Gasteiger partial charge >= 0.3 is 0 Å². The lowest BCUT2D eigenvalue weighted by atomic mass is 9.88. The van der Waals surface area contributed by atoms with E-state index in [2.05, 4.69) is 30.0 Å². The van der Waals surface area contributed by atoms with Crippen molar-refractivity contribution in [2.24, 2.45) is 11.8 Å². The SMILES string of the molecule is Cc1cnc(Nc2nncn2[C@H]2CCc3sc(CC(=O)C4CC4)c(C(=O)CCC4CC4)c3C2)c(C)n1. The van der Waals surface area contributed by atoms with Gasteiger partial charge < -0.3 is 5.32 Å². The Hall–Kier alpha value is -2.94. The average molecular weight is 505 g/mol. The Balaban J connectivity index is 1.27. The molecule has 8 nitrogen and oxygen atoms in total. The van der Waals surface area contributed by atoms with Crippen molar-refractivity contribution in [1.29, 1.82) is 0 Å². The van der Waals surface area contributed by atoms with Crippen LogP contribution in [0.4, 0.5) is 11.8 Å². The van der Waals surface area contributed by atoms with Crippen molar-refractivity contribution >= 4 is 34.7 Å². The number of hydrogen-bond acceptors (Lipinski definition) is 8. The number of nitrogens with one attached hydrogen (secondary N) is 1. The van der Waals surface area contributed by atoms with Gasteiger partial charge in [-0.05, 0) is 63.9 Å². The molecule has 0 saturated heterocycles. The Morgan fingerprint density at radius 1 is 1.17 bits per heavy atom. The van der Waals surface area contributed by atoms with E-state index in [0.717, 1.165) is 65.9 Å². The van der Waals surface area contributed by atoms with Gasteiger partial charge in [0.15, 0.2) is 11.6 Å². The smallest absolute Gasteiger partial charge is 0.230 e. The number of rotatable bonds is 10. The van der Waals surface area contributed by atoms with Gasteiger partial charge in [0.05, 0.1) is 17.6 Å². The molecule has 3 aliphatic carbocycles. The number of anilines is 2. The third-order valence-corrected chi connectivity index (χ3v) is 8.99. The number of hydrogen-bond donors (Lipinski definition) is 1. The fourth-order valence-corrected chi connectivity index (χ4v) is 6.69. The first kappa shape index (κ1) is 23.5. The molecule has 3 aromatic heterocycles. The Morgan fingerprint density at radius 3 is 2.75 bits per heavy atom. The largest absolute Gasteiger partial charge is 0.307 e. The Kier molecular flexibility index (Phi) is 6.19. The summed E-state index contributed by atoms with van der Waals surface area (Å²) in [5, 5.41) is 11.8. The minimum Gasteiger partial charge on any atom is -0.307 e. The summed E-state index contributed by atoms with van der Waals surface area (Å²) in [7, 11) is 0. The highest BCUT2D eigenvalue weighted by Crippen LogP contribution is 2.42. The molecule has 0 aliphatic heterocycles. The number of carbonyl (C=O) groups is 2. The van der Waals surface area contributed by atoms with Gasteiger partial charge in [-0.2, -0.15) is 0 Å². The lowest BCUT2D eigenvalue weighted by Crippen LogP contribution is -2.20. The molecular formula is C27H32N6O2S. The van der Waals surface area contributed by atoms with Crippen LogP contribution in [0.5, 0.6) is 0 Å². The lowest BCUT2D eigenvalue weighted by molar-refractivity contribution is -0.119. The van der Waals surface area contributed by atoms with Crippen LogP contribution in [0.1, 0.15) is 88.1 Å². The van der Waals surface area contributed by atoms with Crippen molar-refractivity contribution in [1.82, 2.24) is 24.7 Å². The van der Waals surface area contributed by atoms with Gasteiger partial charge in [-0.15, -0.1) is 21.5 Å². The predicted molar refractivity (Wildman–Crippen MR) is 138 cm³/mol. The van der Waals surface area contributed by atoms with Crippen LogP contribution < -0.4 is 5.32 Å². The van der Waals surface area contributed by atoms with E-state index in [1.54, 1.807) is 23.9 Å². The zero-order valence-electron chi connectivity index (χ0n) is 20.9. The third kappa shape index (κ3) is 4.85. The second-order valence-corrected chi connectivity index (χ2v) is 11.8. The summed E-state index contributed by atoms with van der Waals surface area (Å²) in [6.45, 7) is 3.84. The third-order valence-electron chi connectivity index (χ3n) is 7.69. The molecular weight excluding hydrogens is 472 g/mol. The number of carbonyl (C=O) groups excluding carboxylic acids is 2. The molecule has 2 saturated carbocycles. The second kappa shape index (κ2) is 9.50. The number of ketones is 2. The molecule has 3 heterocycles. The van der Waals surface area contributed by atoms with Gasteiger partial charge in [0, 0.05) is 40.1 Å². The predicted octanol–water partition coefficient (Wildman–Crippen LogP) is 5.11. The number of thiophene rings is 1. The van der Waals surface area contributed by atoms with E-state index in [9.17, 15) is 9.59 Å². The van der Waals surface area contributed by atoms with Crippen molar-refractivity contribution in [3.63, 3.8) is 0 Å². The molecule has 0 radical (unpaired) electrons. The van der Waals surface area contributed by atoms with Gasteiger partial charge in [0.1, 0.15) is 12.1 Å². The van der Waals surface area contributed by atoms with E-state index < -0.39 is 0 Å². The van der Waals surface area contributed by atoms with E-state index >= 15 is 0 Å². The molecule has 1 atom stereocenters. The summed E-state index contributed by atoms with van der Waals surface area (Å²) in [6, 6.07) is 0.130. The van der Waals surface area contributed by atoms with Crippen LogP contribution in [-0.2, 0) is 24.1 Å². The van der Waals surface area contributed by atoms with Gasteiger partial charge in [-0.25, -0.2) is 4.98 Å². The molecule has 6 rings (SSSR count). The molecule has 0 aromatic carbocycles. The molecule has 0 amide bonds. The maximum Gasteiger partial charge on any atom is 0.230 e. The second-order valence-electron chi connectivity index (χ2n) is 10.7. The van der Waals surface area contributed by atoms with Gasteiger partial charge in [-0.1, -0.05) is 12.8 Å². The number of aromatic nitrogens is 5. The van der Waals surface area contributed by atoms with Crippen LogP contribution in [0.3, 0.4) is 0 Å². The van der Waals surface area contributed by atoms with Gasteiger partial charge in [0.2, 0.25) is 5.95 Å². The quantitative estimate of drug-likeness (QED) is 0.383. The molecule has 0 bridgehead atoms. The highest BCUT2D eigenvalue weighted by Gasteiger charge is 2.35. The molecule has 2 fully saturated rings. The van der Waals surface area contributed by atoms with Crippen molar-refractivity contribution in [2.45, 2.75) is 84.1 Å². The Labute approximate surface area is 215 Å². The standard InChI is InChI=1S/C27H32N6O2S/c1-15-13-28-26(16(2)30-15)31-27-32-29-14-33(27)19-8-10-23-20(11-19)25(21(34)9-5-17-3-4-17)24(36-23)12-22(35)18-6-7-18/h13-14,17-19H,3-12H2,1-2H3,(H,28,31,32)/t19-/m0/s1. The summed E-state index contributed by atoms with van der Waals surface area (Å²) in [5.41, 5.74) is 3.69. The summed E-state index contributed by atoms with van der Waals surface area (Å²) in [6.07, 6.45) is 12.6. The minimum absolute atomic E-state index is 0.130. The topological polar surface area (TPSA) is 103 Å². The first-order chi connectivity index (χ1) is 17.5. The maximum absolute atomic E-state index is 13.5. The molecule has 0 unspecified atom stereocenters. The molecule has 0 spiro atoms. The van der Waals surface area contributed by atoms with Crippen LogP contribution in [0.2, 0.25) is 0 Å². The maximum atomic E-state index is 13.5. The van der Waals surface area contributed by atoms with Crippen molar-refractivity contribution in [3.8, 4) is 0 Å². The van der Waals surface area contributed by atoms with Gasteiger partial charge in [-0.3, -0.25) is 19.1 Å². The zero-order valence-corrected chi connectivity index (χ0v) is 21.7. The average Bonchev–Trinajstić information content (AvgIpc) is 3.78. The molecule has 9 heteroatoms.